The van der Waals surface area contributed by atoms with Crippen LogP contribution in [0.15, 0.2) is 80.2 Å². The summed E-state index contributed by atoms with van der Waals surface area (Å²) in [7, 11) is 0. The Kier molecular flexibility index (Phi) is 13.7. The van der Waals surface area contributed by atoms with Crippen molar-refractivity contribution in [2.24, 2.45) is 5.92 Å². The van der Waals surface area contributed by atoms with Crippen LogP contribution in [0.1, 0.15) is 70.5 Å². The number of benzene rings is 1. The fraction of sp³-hybridized carbons (Fsp3) is 0.452. The van der Waals surface area contributed by atoms with Crippen molar-refractivity contribution in [2.45, 2.75) is 66.3 Å². The van der Waals surface area contributed by atoms with Gasteiger partial charge >= 0.3 is 0 Å². The van der Waals surface area contributed by atoms with E-state index in [1.165, 1.54) is 5.57 Å². The van der Waals surface area contributed by atoms with Crippen LogP contribution >= 0.6 is 0 Å². The summed E-state index contributed by atoms with van der Waals surface area (Å²) in [4.78, 5) is 9.23. The predicted octanol–water partition coefficient (Wildman–Crippen LogP) is 8.51. The lowest BCUT2D eigenvalue weighted by Crippen LogP contribution is -2.49. The Morgan fingerprint density at radius 3 is 2.34 bits per heavy atom. The van der Waals surface area contributed by atoms with E-state index in [1.807, 2.05) is 39.1 Å². The van der Waals surface area contributed by atoms with Crippen molar-refractivity contribution in [2.75, 3.05) is 24.5 Å². The Balaban J connectivity index is 0.00000145. The van der Waals surface area contributed by atoms with Crippen molar-refractivity contribution in [3.63, 3.8) is 0 Å². The van der Waals surface area contributed by atoms with Gasteiger partial charge in [0.05, 0.1) is 6.04 Å². The molecule has 0 saturated carbocycles. The Labute approximate surface area is 214 Å². The molecule has 0 N–H and O–H groups in total. The molecular weight excluding hydrogens is 433 g/mol. The van der Waals surface area contributed by atoms with Crippen LogP contribution in [0, 0.1) is 18.7 Å². The number of hydrogen-bond donors (Lipinski definition) is 0. The van der Waals surface area contributed by atoms with Crippen molar-refractivity contribution >= 4 is 5.82 Å². The van der Waals surface area contributed by atoms with Crippen LogP contribution in [-0.2, 0) is 0 Å². The van der Waals surface area contributed by atoms with E-state index < -0.39 is 0 Å². The number of pyridine rings is 1. The van der Waals surface area contributed by atoms with Crippen LogP contribution in [0.4, 0.5) is 10.2 Å². The van der Waals surface area contributed by atoms with E-state index in [-0.39, 0.29) is 11.9 Å². The van der Waals surface area contributed by atoms with E-state index in [4.69, 9.17) is 0 Å². The molecule has 4 heteroatoms. The van der Waals surface area contributed by atoms with E-state index >= 15 is 0 Å². The molecule has 1 aliphatic rings. The van der Waals surface area contributed by atoms with Gasteiger partial charge in [0.1, 0.15) is 11.6 Å². The van der Waals surface area contributed by atoms with Crippen LogP contribution in [0.3, 0.4) is 0 Å². The number of aryl methyl sites for hydroxylation is 1. The summed E-state index contributed by atoms with van der Waals surface area (Å²) < 4.78 is 14.9. The number of allylic oxidation sites excluding steroid dienone is 2. The largest absolute Gasteiger partial charge is 0.364 e. The number of nitrogens with zero attached hydrogens (tertiary/aromatic N) is 3. The standard InChI is InChI=1S/C27H36FN3.C2H6.C2H4/c1-6-9-23(14-12-20(2)3)22(5)31-17-16-30(27-15-13-21(4)18-29-27)19-26(31)24-10-7-8-11-25(24)28;2*1-2/h7-8,10-11,13,15,18,23,26H,2,5-6,9,12,14,16-17,19H2,1,3-4H3;1-2H3;1-2H2. The zero-order chi connectivity index (χ0) is 26.4. The van der Waals surface area contributed by atoms with Crippen LogP contribution in [0.25, 0.3) is 0 Å². The number of rotatable bonds is 9. The van der Waals surface area contributed by atoms with E-state index in [9.17, 15) is 4.39 Å². The summed E-state index contributed by atoms with van der Waals surface area (Å²) >= 11 is 0. The van der Waals surface area contributed by atoms with E-state index in [0.717, 1.165) is 61.4 Å². The number of anilines is 1. The van der Waals surface area contributed by atoms with Crippen LogP contribution in [0.2, 0.25) is 0 Å². The molecule has 0 bridgehead atoms. The average Bonchev–Trinajstić information content (AvgIpc) is 2.89. The molecule has 2 heterocycles. The predicted molar refractivity (Wildman–Crippen MR) is 151 cm³/mol. The summed E-state index contributed by atoms with van der Waals surface area (Å²) in [6.45, 7) is 27.3. The van der Waals surface area contributed by atoms with Gasteiger partial charge in [-0.2, -0.15) is 0 Å². The lowest BCUT2D eigenvalue weighted by atomic mass is 9.90. The summed E-state index contributed by atoms with van der Waals surface area (Å²) in [5.41, 5.74) is 4.21. The van der Waals surface area contributed by atoms with Gasteiger partial charge in [-0.1, -0.05) is 63.6 Å². The Hall–Kier alpha value is -2.88. The van der Waals surface area contributed by atoms with E-state index in [0.29, 0.717) is 12.5 Å². The minimum Gasteiger partial charge on any atom is -0.364 e. The third kappa shape index (κ3) is 8.69. The number of halogens is 1. The fourth-order valence-corrected chi connectivity index (χ4v) is 4.47. The van der Waals surface area contributed by atoms with Crippen molar-refractivity contribution in [3.05, 3.63) is 97.1 Å². The molecule has 0 spiro atoms. The lowest BCUT2D eigenvalue weighted by Gasteiger charge is -2.46. The SMILES string of the molecule is C=C.C=C(C)CCC(CCC)C(=C)N1CCN(c2ccc(C)cn2)CC1c1ccccc1F.CC. The summed E-state index contributed by atoms with van der Waals surface area (Å²) in [5, 5.41) is 0. The quantitative estimate of drug-likeness (QED) is 0.336. The maximum Gasteiger partial charge on any atom is 0.128 e. The average molecular weight is 480 g/mol. The van der Waals surface area contributed by atoms with Gasteiger partial charge < -0.3 is 9.80 Å². The van der Waals surface area contributed by atoms with Gasteiger partial charge in [0.25, 0.3) is 0 Å². The molecule has 1 fully saturated rings. The van der Waals surface area contributed by atoms with Crippen molar-refractivity contribution in [1.29, 1.82) is 0 Å². The molecule has 0 aliphatic carbocycles. The molecule has 3 nitrogen and oxygen atoms in total. The first kappa shape index (κ1) is 30.2. The molecule has 0 amide bonds. The number of aromatic nitrogens is 1. The number of piperazine rings is 1. The van der Waals surface area contributed by atoms with Gasteiger partial charge in [0, 0.05) is 37.1 Å². The zero-order valence-corrected chi connectivity index (χ0v) is 22.7. The van der Waals surface area contributed by atoms with Gasteiger partial charge in [0.2, 0.25) is 0 Å². The van der Waals surface area contributed by atoms with Crippen molar-refractivity contribution < 1.29 is 4.39 Å². The van der Waals surface area contributed by atoms with Gasteiger partial charge in [-0.3, -0.25) is 0 Å². The van der Waals surface area contributed by atoms with E-state index in [1.54, 1.807) is 12.1 Å². The summed E-state index contributed by atoms with van der Waals surface area (Å²) in [5.74, 6) is 1.18. The molecule has 1 aliphatic heterocycles. The van der Waals surface area contributed by atoms with Crippen molar-refractivity contribution in [3.8, 4) is 0 Å². The first-order valence-corrected chi connectivity index (χ1v) is 12.9. The highest BCUT2D eigenvalue weighted by atomic mass is 19.1. The molecule has 2 unspecified atom stereocenters. The molecule has 3 rings (SSSR count). The van der Waals surface area contributed by atoms with Gasteiger partial charge in [-0.15, -0.1) is 19.7 Å². The van der Waals surface area contributed by atoms with Crippen LogP contribution < -0.4 is 4.90 Å². The van der Waals surface area contributed by atoms with E-state index in [2.05, 4.69) is 67.1 Å². The van der Waals surface area contributed by atoms with Gasteiger partial charge in [-0.05, 0) is 56.7 Å². The normalized spacial score (nSPS) is 15.8. The molecule has 192 valence electrons. The molecule has 1 aromatic heterocycles. The summed E-state index contributed by atoms with van der Waals surface area (Å²) in [6.07, 6.45) is 6.15. The van der Waals surface area contributed by atoms with Crippen molar-refractivity contribution in [1.82, 2.24) is 9.88 Å². The summed E-state index contributed by atoms with van der Waals surface area (Å²) in [6, 6.07) is 11.2. The van der Waals surface area contributed by atoms with Gasteiger partial charge in [-0.25, -0.2) is 9.37 Å². The zero-order valence-electron chi connectivity index (χ0n) is 22.7. The first-order chi connectivity index (χ1) is 16.9. The molecule has 1 saturated heterocycles. The third-order valence-corrected chi connectivity index (χ3v) is 6.26. The van der Waals surface area contributed by atoms with Gasteiger partial charge in [0.15, 0.2) is 0 Å². The van der Waals surface area contributed by atoms with Crippen LogP contribution in [0.5, 0.6) is 0 Å². The minimum absolute atomic E-state index is 0.0882. The lowest BCUT2D eigenvalue weighted by molar-refractivity contribution is 0.196. The number of hydrogen-bond acceptors (Lipinski definition) is 3. The first-order valence-electron chi connectivity index (χ1n) is 12.9. The molecule has 1 aromatic carbocycles. The second-order valence-corrected chi connectivity index (χ2v) is 8.84. The molecule has 2 atom stereocenters. The second kappa shape index (κ2) is 15.9. The monoisotopic (exact) mass is 479 g/mol. The topological polar surface area (TPSA) is 19.4 Å². The smallest absolute Gasteiger partial charge is 0.128 e. The maximum atomic E-state index is 14.9. The Morgan fingerprint density at radius 1 is 1.09 bits per heavy atom. The molecule has 0 radical (unpaired) electrons. The molecular formula is C31H46FN3. The minimum atomic E-state index is -0.155. The maximum absolute atomic E-state index is 14.9. The highest BCUT2D eigenvalue weighted by Gasteiger charge is 2.33. The highest BCUT2D eigenvalue weighted by Crippen LogP contribution is 2.36. The second-order valence-electron chi connectivity index (χ2n) is 8.84. The Bertz CT molecular complexity index is 906. The molecule has 2 aromatic rings. The third-order valence-electron chi connectivity index (χ3n) is 6.26. The fourth-order valence-electron chi connectivity index (χ4n) is 4.47. The van der Waals surface area contributed by atoms with Crippen LogP contribution in [-0.4, -0.2) is 29.5 Å². The highest BCUT2D eigenvalue weighted by molar-refractivity contribution is 5.41. The molecule has 35 heavy (non-hydrogen) atoms. The Morgan fingerprint density at radius 2 is 1.77 bits per heavy atom.